The van der Waals surface area contributed by atoms with E-state index in [0.717, 1.165) is 22.8 Å². The highest BCUT2D eigenvalue weighted by molar-refractivity contribution is 6.08. The zero-order valence-electron chi connectivity index (χ0n) is 14.4. The van der Waals surface area contributed by atoms with Crippen LogP contribution in [-0.4, -0.2) is 27.9 Å². The molecule has 0 atom stereocenters. The first-order valence-electron chi connectivity index (χ1n) is 8.13. The monoisotopic (exact) mass is 350 g/mol. The van der Waals surface area contributed by atoms with Gasteiger partial charge in [0, 0.05) is 24.2 Å². The Balaban J connectivity index is 1.82. The van der Waals surface area contributed by atoms with Crippen LogP contribution >= 0.6 is 0 Å². The maximum atomic E-state index is 13.3. The van der Waals surface area contributed by atoms with Gasteiger partial charge in [0.15, 0.2) is 0 Å². The second kappa shape index (κ2) is 6.11. The van der Waals surface area contributed by atoms with Gasteiger partial charge >= 0.3 is 0 Å². The fourth-order valence-corrected chi connectivity index (χ4v) is 3.12. The van der Waals surface area contributed by atoms with Crippen LogP contribution in [0.4, 0.5) is 17.2 Å². The number of rotatable bonds is 2. The van der Waals surface area contributed by atoms with Gasteiger partial charge in [-0.1, -0.05) is 12.1 Å². The van der Waals surface area contributed by atoms with Crippen molar-refractivity contribution in [1.82, 2.24) is 9.78 Å². The average molecular weight is 350 g/mol. The molecule has 1 amide bonds. The molecule has 0 radical (unpaired) electrons. The predicted octanol–water partition coefficient (Wildman–Crippen LogP) is 3.04. The van der Waals surface area contributed by atoms with Crippen molar-refractivity contribution >= 4 is 23.1 Å². The molecule has 0 saturated heterocycles. The lowest BCUT2D eigenvalue weighted by atomic mass is 10.1. The number of fused-ring (bicyclic) bond motifs is 2. The van der Waals surface area contributed by atoms with Crippen LogP contribution < -0.4 is 15.0 Å². The van der Waals surface area contributed by atoms with Crippen molar-refractivity contribution in [2.45, 2.75) is 6.54 Å². The molecule has 1 aliphatic heterocycles. The summed E-state index contributed by atoms with van der Waals surface area (Å²) >= 11 is 0. The number of hydrogen-bond acceptors (Lipinski definition) is 5. The van der Waals surface area contributed by atoms with Gasteiger partial charge in [-0.2, -0.15) is 5.10 Å². The Hall–Kier alpha value is -3.48. The molecule has 0 unspecified atom stereocenters. The van der Waals surface area contributed by atoms with Gasteiger partial charge in [0.25, 0.3) is 5.91 Å². The summed E-state index contributed by atoms with van der Waals surface area (Å²) in [6.07, 6.45) is 1.75. The van der Waals surface area contributed by atoms with Crippen molar-refractivity contribution in [3.05, 3.63) is 59.8 Å². The Kier molecular flexibility index (Phi) is 3.76. The molecule has 7 heteroatoms. The van der Waals surface area contributed by atoms with E-state index in [1.165, 1.54) is 19.2 Å². The molecule has 4 rings (SSSR count). The largest absolute Gasteiger partial charge is 0.508 e. The predicted molar refractivity (Wildman–Crippen MR) is 98.1 cm³/mol. The topological polar surface area (TPSA) is 79.6 Å². The van der Waals surface area contributed by atoms with Crippen LogP contribution in [0.15, 0.2) is 48.7 Å². The summed E-state index contributed by atoms with van der Waals surface area (Å²) in [7, 11) is 3.35. The third-order valence-electron chi connectivity index (χ3n) is 4.41. The number of anilines is 3. The molecule has 0 bridgehead atoms. The van der Waals surface area contributed by atoms with E-state index in [-0.39, 0.29) is 11.7 Å². The number of carbonyl (C=O) groups is 1. The number of aryl methyl sites for hydroxylation is 1. The molecule has 7 nitrogen and oxygen atoms in total. The van der Waals surface area contributed by atoms with Gasteiger partial charge in [0.1, 0.15) is 17.3 Å². The first-order valence-corrected chi connectivity index (χ1v) is 8.13. The number of phenols is 1. The SMILES string of the molecule is COc1cc(O)cc(C(=O)N2Cc3cnn(C)c3Nc3ccccc32)c1. The zero-order valence-corrected chi connectivity index (χ0v) is 14.4. The lowest BCUT2D eigenvalue weighted by Crippen LogP contribution is -2.30. The fraction of sp³-hybridized carbons (Fsp3) is 0.158. The van der Waals surface area contributed by atoms with E-state index in [9.17, 15) is 9.90 Å². The molecule has 2 N–H and O–H groups in total. The number of hydrogen-bond donors (Lipinski definition) is 2. The van der Waals surface area contributed by atoms with E-state index in [4.69, 9.17) is 4.74 Å². The van der Waals surface area contributed by atoms with Gasteiger partial charge in [-0.05, 0) is 24.3 Å². The molecule has 2 heterocycles. The normalized spacial score (nSPS) is 12.6. The summed E-state index contributed by atoms with van der Waals surface area (Å²) in [6, 6.07) is 12.1. The molecule has 1 aromatic heterocycles. The molecule has 2 aromatic carbocycles. The average Bonchev–Trinajstić information content (AvgIpc) is 2.89. The Bertz CT molecular complexity index is 996. The molecule has 0 saturated carbocycles. The molecular weight excluding hydrogens is 332 g/mol. The van der Waals surface area contributed by atoms with Gasteiger partial charge in [0.2, 0.25) is 0 Å². The van der Waals surface area contributed by atoms with E-state index in [1.54, 1.807) is 21.8 Å². The smallest absolute Gasteiger partial charge is 0.258 e. The quantitative estimate of drug-likeness (QED) is 0.743. The molecule has 0 fully saturated rings. The van der Waals surface area contributed by atoms with Crippen molar-refractivity contribution in [3.63, 3.8) is 0 Å². The van der Waals surface area contributed by atoms with Crippen LogP contribution in [0.5, 0.6) is 11.5 Å². The minimum absolute atomic E-state index is 0.0176. The number of ether oxygens (including phenoxy) is 1. The van der Waals surface area contributed by atoms with Gasteiger partial charge in [0.05, 0.1) is 31.2 Å². The van der Waals surface area contributed by atoms with Crippen LogP contribution in [0.1, 0.15) is 15.9 Å². The van der Waals surface area contributed by atoms with E-state index >= 15 is 0 Å². The third-order valence-corrected chi connectivity index (χ3v) is 4.41. The first kappa shape index (κ1) is 16.0. The standard InChI is InChI=1S/C19H18N4O3/c1-22-18-13(10-20-22)11-23(17-6-4-3-5-16(17)21-18)19(25)12-7-14(24)9-15(8-12)26-2/h3-10,21,24H,11H2,1-2H3. The van der Waals surface area contributed by atoms with Crippen LogP contribution in [0.25, 0.3) is 0 Å². The molecule has 0 aliphatic carbocycles. The molecule has 26 heavy (non-hydrogen) atoms. The van der Waals surface area contributed by atoms with Gasteiger partial charge in [-0.3, -0.25) is 9.48 Å². The van der Waals surface area contributed by atoms with Crippen LogP contribution in [0.3, 0.4) is 0 Å². The van der Waals surface area contributed by atoms with Crippen LogP contribution in [0, 0.1) is 0 Å². The minimum Gasteiger partial charge on any atom is -0.508 e. The Morgan fingerprint density at radius 3 is 2.88 bits per heavy atom. The second-order valence-corrected chi connectivity index (χ2v) is 6.10. The number of aromatic hydroxyl groups is 1. The number of nitrogens with one attached hydrogen (secondary N) is 1. The Morgan fingerprint density at radius 1 is 1.27 bits per heavy atom. The van der Waals surface area contributed by atoms with E-state index < -0.39 is 0 Å². The Morgan fingerprint density at radius 2 is 2.08 bits per heavy atom. The van der Waals surface area contributed by atoms with E-state index in [2.05, 4.69) is 10.4 Å². The van der Waals surface area contributed by atoms with Crippen molar-refractivity contribution in [3.8, 4) is 11.5 Å². The van der Waals surface area contributed by atoms with Gasteiger partial charge in [-0.15, -0.1) is 0 Å². The van der Waals surface area contributed by atoms with E-state index in [0.29, 0.717) is 17.9 Å². The summed E-state index contributed by atoms with van der Waals surface area (Å²) in [4.78, 5) is 14.9. The number of para-hydroxylation sites is 2. The molecular formula is C19H18N4O3. The maximum Gasteiger partial charge on any atom is 0.258 e. The number of amides is 1. The van der Waals surface area contributed by atoms with Crippen LogP contribution in [0.2, 0.25) is 0 Å². The van der Waals surface area contributed by atoms with Crippen LogP contribution in [-0.2, 0) is 13.6 Å². The lowest BCUT2D eigenvalue weighted by molar-refractivity contribution is 0.0984. The second-order valence-electron chi connectivity index (χ2n) is 6.10. The first-order chi connectivity index (χ1) is 12.6. The van der Waals surface area contributed by atoms with Gasteiger partial charge in [-0.25, -0.2) is 0 Å². The van der Waals surface area contributed by atoms with Gasteiger partial charge < -0.3 is 20.1 Å². The Labute approximate surface area is 150 Å². The number of carbonyl (C=O) groups excluding carboxylic acids is 1. The summed E-state index contributed by atoms with van der Waals surface area (Å²) in [5.74, 6) is 1.03. The van der Waals surface area contributed by atoms with Crippen molar-refractivity contribution in [2.75, 3.05) is 17.3 Å². The number of benzene rings is 2. The maximum absolute atomic E-state index is 13.3. The van der Waals surface area contributed by atoms with Crippen molar-refractivity contribution < 1.29 is 14.6 Å². The highest BCUT2D eigenvalue weighted by Crippen LogP contribution is 2.36. The minimum atomic E-state index is -0.231. The lowest BCUT2D eigenvalue weighted by Gasteiger charge is -2.23. The molecule has 1 aliphatic rings. The summed E-state index contributed by atoms with van der Waals surface area (Å²) in [5, 5.41) is 17.5. The van der Waals surface area contributed by atoms with E-state index in [1.807, 2.05) is 31.3 Å². The third kappa shape index (κ3) is 2.63. The van der Waals surface area contributed by atoms with Crippen molar-refractivity contribution in [2.24, 2.45) is 7.05 Å². The summed E-state index contributed by atoms with van der Waals surface area (Å²) in [6.45, 7) is 0.365. The fourth-order valence-electron chi connectivity index (χ4n) is 3.12. The number of aromatic nitrogens is 2. The highest BCUT2D eigenvalue weighted by Gasteiger charge is 2.27. The number of phenolic OH excluding ortho intramolecular Hbond substituents is 1. The molecule has 132 valence electrons. The number of nitrogens with zero attached hydrogens (tertiary/aromatic N) is 3. The highest BCUT2D eigenvalue weighted by atomic mass is 16.5. The number of methoxy groups -OCH3 is 1. The summed E-state index contributed by atoms with van der Waals surface area (Å²) in [5.41, 5.74) is 2.83. The zero-order chi connectivity index (χ0) is 18.3. The molecule has 0 spiro atoms. The van der Waals surface area contributed by atoms with Crippen molar-refractivity contribution in [1.29, 1.82) is 0 Å². The summed E-state index contributed by atoms with van der Waals surface area (Å²) < 4.78 is 6.92. The molecule has 3 aromatic rings.